The maximum Gasteiger partial charge on any atom is 0.321 e. The number of benzene rings is 1. The summed E-state index contributed by atoms with van der Waals surface area (Å²) < 4.78 is 1.57. The monoisotopic (exact) mass is 300 g/mol. The molecule has 1 aromatic carbocycles. The van der Waals surface area contributed by atoms with Crippen LogP contribution in [0, 0.1) is 11.8 Å². The minimum Gasteiger partial charge on any atom is -0.324 e. The van der Waals surface area contributed by atoms with Crippen molar-refractivity contribution in [1.82, 2.24) is 25.1 Å². The highest BCUT2D eigenvalue weighted by Gasteiger charge is 2.25. The van der Waals surface area contributed by atoms with Gasteiger partial charge in [-0.1, -0.05) is 13.8 Å². The molecule has 116 valence electrons. The molecule has 2 aromatic rings. The lowest BCUT2D eigenvalue weighted by Crippen LogP contribution is -2.44. The Balaban J connectivity index is 1.64. The minimum atomic E-state index is -0.0337. The van der Waals surface area contributed by atoms with Gasteiger partial charge >= 0.3 is 6.03 Å². The summed E-state index contributed by atoms with van der Waals surface area (Å²) in [6.45, 7) is 6.02. The largest absolute Gasteiger partial charge is 0.324 e. The van der Waals surface area contributed by atoms with Gasteiger partial charge < -0.3 is 10.2 Å². The van der Waals surface area contributed by atoms with Crippen LogP contribution in [0.2, 0.25) is 0 Å². The molecule has 22 heavy (non-hydrogen) atoms. The topological polar surface area (TPSA) is 75.9 Å². The van der Waals surface area contributed by atoms with E-state index in [1.54, 1.807) is 4.68 Å². The SMILES string of the molecule is CC1CC(C)CN(C(=O)Nc2ccc(-n3cnnn3)cc2)C1. The molecule has 1 N–H and O–H groups in total. The van der Waals surface area contributed by atoms with E-state index in [2.05, 4.69) is 34.7 Å². The van der Waals surface area contributed by atoms with Crippen molar-refractivity contribution in [3.8, 4) is 5.69 Å². The summed E-state index contributed by atoms with van der Waals surface area (Å²) in [5.74, 6) is 1.10. The normalized spacial score (nSPS) is 21.6. The smallest absolute Gasteiger partial charge is 0.321 e. The quantitative estimate of drug-likeness (QED) is 0.922. The predicted molar refractivity (Wildman–Crippen MR) is 82.7 cm³/mol. The van der Waals surface area contributed by atoms with E-state index in [-0.39, 0.29) is 6.03 Å². The number of amides is 2. The highest BCUT2D eigenvalue weighted by Crippen LogP contribution is 2.22. The Morgan fingerprint density at radius 1 is 1.18 bits per heavy atom. The Labute approximate surface area is 129 Å². The van der Waals surface area contributed by atoms with Crippen molar-refractivity contribution in [3.63, 3.8) is 0 Å². The number of hydrogen-bond donors (Lipinski definition) is 1. The Kier molecular flexibility index (Phi) is 4.04. The van der Waals surface area contributed by atoms with Gasteiger partial charge in [-0.15, -0.1) is 5.10 Å². The Morgan fingerprint density at radius 3 is 2.45 bits per heavy atom. The number of urea groups is 1. The van der Waals surface area contributed by atoms with Gasteiger partial charge in [0.2, 0.25) is 0 Å². The number of hydrogen-bond acceptors (Lipinski definition) is 4. The lowest BCUT2D eigenvalue weighted by Gasteiger charge is -2.34. The van der Waals surface area contributed by atoms with E-state index in [1.165, 1.54) is 12.7 Å². The van der Waals surface area contributed by atoms with Crippen molar-refractivity contribution in [3.05, 3.63) is 30.6 Å². The van der Waals surface area contributed by atoms with Gasteiger partial charge in [0.25, 0.3) is 0 Å². The molecule has 1 saturated heterocycles. The van der Waals surface area contributed by atoms with Gasteiger partial charge in [0.1, 0.15) is 6.33 Å². The lowest BCUT2D eigenvalue weighted by molar-refractivity contribution is 0.156. The number of likely N-dealkylation sites (tertiary alicyclic amines) is 1. The molecule has 2 amide bonds. The van der Waals surface area contributed by atoms with E-state index in [0.717, 1.165) is 24.5 Å². The second-order valence-electron chi connectivity index (χ2n) is 6.08. The van der Waals surface area contributed by atoms with Crippen molar-refractivity contribution < 1.29 is 4.79 Å². The summed E-state index contributed by atoms with van der Waals surface area (Å²) in [7, 11) is 0. The fourth-order valence-electron chi connectivity index (χ4n) is 3.01. The van der Waals surface area contributed by atoms with Gasteiger partial charge in [-0.25, -0.2) is 9.48 Å². The number of tetrazole rings is 1. The number of aromatic nitrogens is 4. The maximum atomic E-state index is 12.3. The molecule has 0 radical (unpaired) electrons. The van der Waals surface area contributed by atoms with Crippen LogP contribution >= 0.6 is 0 Å². The third-order valence-corrected chi connectivity index (χ3v) is 3.89. The molecule has 2 heterocycles. The predicted octanol–water partition coefficient (Wildman–Crippen LogP) is 2.17. The second-order valence-corrected chi connectivity index (χ2v) is 6.08. The third kappa shape index (κ3) is 3.24. The first kappa shape index (κ1) is 14.5. The van der Waals surface area contributed by atoms with E-state index < -0.39 is 0 Å². The molecular weight excluding hydrogens is 280 g/mol. The maximum absolute atomic E-state index is 12.3. The van der Waals surface area contributed by atoms with Gasteiger partial charge in [-0.3, -0.25) is 0 Å². The Bertz CT molecular complexity index is 614. The molecule has 7 heteroatoms. The van der Waals surface area contributed by atoms with Crippen molar-refractivity contribution in [2.24, 2.45) is 11.8 Å². The standard InChI is InChI=1S/C15H20N6O/c1-11-7-12(2)9-20(8-11)15(22)17-13-3-5-14(6-4-13)21-10-16-18-19-21/h3-6,10-12H,7-9H2,1-2H3,(H,17,22). The van der Waals surface area contributed by atoms with Crippen molar-refractivity contribution in [1.29, 1.82) is 0 Å². The molecule has 0 aliphatic carbocycles. The summed E-state index contributed by atoms with van der Waals surface area (Å²) in [5.41, 5.74) is 1.62. The number of anilines is 1. The summed E-state index contributed by atoms with van der Waals surface area (Å²) >= 11 is 0. The van der Waals surface area contributed by atoms with Gasteiger partial charge in [0, 0.05) is 18.8 Å². The number of carbonyl (C=O) groups is 1. The van der Waals surface area contributed by atoms with Crippen LogP contribution < -0.4 is 5.32 Å². The van der Waals surface area contributed by atoms with E-state index in [4.69, 9.17) is 0 Å². The van der Waals surface area contributed by atoms with Crippen LogP contribution in [0.1, 0.15) is 20.3 Å². The van der Waals surface area contributed by atoms with E-state index >= 15 is 0 Å². The van der Waals surface area contributed by atoms with Gasteiger partial charge in [-0.05, 0) is 52.9 Å². The van der Waals surface area contributed by atoms with Crippen molar-refractivity contribution >= 4 is 11.7 Å². The number of carbonyl (C=O) groups excluding carboxylic acids is 1. The minimum absolute atomic E-state index is 0.0337. The zero-order chi connectivity index (χ0) is 15.5. The summed E-state index contributed by atoms with van der Waals surface area (Å²) in [6, 6.07) is 7.41. The highest BCUT2D eigenvalue weighted by molar-refractivity contribution is 5.89. The molecule has 7 nitrogen and oxygen atoms in total. The summed E-state index contributed by atoms with van der Waals surface area (Å²) in [5, 5.41) is 14.0. The van der Waals surface area contributed by atoms with E-state index in [1.807, 2.05) is 29.2 Å². The van der Waals surface area contributed by atoms with Crippen molar-refractivity contribution in [2.45, 2.75) is 20.3 Å². The molecule has 0 bridgehead atoms. The molecule has 1 aliphatic heterocycles. The molecule has 2 unspecified atom stereocenters. The van der Waals surface area contributed by atoms with Crippen LogP contribution in [-0.4, -0.2) is 44.2 Å². The first-order chi connectivity index (χ1) is 10.6. The van der Waals surface area contributed by atoms with Gasteiger partial charge in [0.15, 0.2) is 0 Å². The van der Waals surface area contributed by atoms with E-state index in [9.17, 15) is 4.79 Å². The van der Waals surface area contributed by atoms with Crippen LogP contribution in [0.25, 0.3) is 5.69 Å². The molecule has 1 aromatic heterocycles. The van der Waals surface area contributed by atoms with Crippen LogP contribution in [0.15, 0.2) is 30.6 Å². The number of nitrogens with zero attached hydrogens (tertiary/aromatic N) is 5. The van der Waals surface area contributed by atoms with Crippen LogP contribution in [0.4, 0.5) is 10.5 Å². The molecular formula is C15H20N6O. The fourth-order valence-corrected chi connectivity index (χ4v) is 3.01. The average molecular weight is 300 g/mol. The second kappa shape index (κ2) is 6.13. The molecule has 3 rings (SSSR count). The van der Waals surface area contributed by atoms with Crippen LogP contribution in [0.5, 0.6) is 0 Å². The first-order valence-electron chi connectivity index (χ1n) is 7.51. The number of piperidine rings is 1. The Hall–Kier alpha value is -2.44. The molecule has 2 atom stereocenters. The van der Waals surface area contributed by atoms with Crippen LogP contribution in [-0.2, 0) is 0 Å². The van der Waals surface area contributed by atoms with Gasteiger partial charge in [0.05, 0.1) is 5.69 Å². The summed E-state index contributed by atoms with van der Waals surface area (Å²) in [6.07, 6.45) is 2.72. The third-order valence-electron chi connectivity index (χ3n) is 3.89. The Morgan fingerprint density at radius 2 is 1.86 bits per heavy atom. The van der Waals surface area contributed by atoms with E-state index in [0.29, 0.717) is 11.8 Å². The zero-order valence-electron chi connectivity index (χ0n) is 12.8. The van der Waals surface area contributed by atoms with Crippen molar-refractivity contribution in [2.75, 3.05) is 18.4 Å². The average Bonchev–Trinajstić information content (AvgIpc) is 3.01. The molecule has 1 aliphatic rings. The number of rotatable bonds is 2. The zero-order valence-corrected chi connectivity index (χ0v) is 12.8. The molecule has 1 fully saturated rings. The van der Waals surface area contributed by atoms with Gasteiger partial charge in [-0.2, -0.15) is 0 Å². The molecule has 0 saturated carbocycles. The fraction of sp³-hybridized carbons (Fsp3) is 0.467. The molecule has 0 spiro atoms. The summed E-state index contributed by atoms with van der Waals surface area (Å²) in [4.78, 5) is 14.2. The first-order valence-corrected chi connectivity index (χ1v) is 7.51. The number of nitrogens with one attached hydrogen (secondary N) is 1. The van der Waals surface area contributed by atoms with Crippen LogP contribution in [0.3, 0.4) is 0 Å². The lowest BCUT2D eigenvalue weighted by atomic mass is 9.92. The highest BCUT2D eigenvalue weighted by atomic mass is 16.2.